The van der Waals surface area contributed by atoms with Crippen LogP contribution < -0.4 is 10.1 Å². The fraction of sp³-hybridized carbons (Fsp3) is 0.419. The minimum Gasteiger partial charge on any atom is -0.491 e. The van der Waals surface area contributed by atoms with E-state index in [0.717, 1.165) is 62.6 Å². The van der Waals surface area contributed by atoms with Gasteiger partial charge in [0, 0.05) is 43.9 Å². The number of pyridine rings is 1. The average molecular weight is 515 g/mol. The van der Waals surface area contributed by atoms with E-state index < -0.39 is 0 Å². The van der Waals surface area contributed by atoms with Gasteiger partial charge in [-0.05, 0) is 80.0 Å². The van der Waals surface area contributed by atoms with Gasteiger partial charge in [0.2, 0.25) is 0 Å². The first kappa shape index (κ1) is 26.4. The van der Waals surface area contributed by atoms with Crippen LogP contribution in [0.1, 0.15) is 45.6 Å². The molecule has 38 heavy (non-hydrogen) atoms. The van der Waals surface area contributed by atoms with Crippen LogP contribution in [-0.4, -0.2) is 73.2 Å². The van der Waals surface area contributed by atoms with Crippen LogP contribution in [0.25, 0.3) is 0 Å². The maximum absolute atomic E-state index is 13.1. The van der Waals surface area contributed by atoms with Gasteiger partial charge in [-0.25, -0.2) is 0 Å². The van der Waals surface area contributed by atoms with Gasteiger partial charge < -0.3 is 19.7 Å². The van der Waals surface area contributed by atoms with Crippen molar-refractivity contribution >= 4 is 5.91 Å². The zero-order chi connectivity index (χ0) is 26.2. The van der Waals surface area contributed by atoms with Gasteiger partial charge in [-0.15, -0.1) is 0 Å². The molecule has 0 spiro atoms. The molecule has 2 aromatic carbocycles. The number of hydrogen-bond donors (Lipinski definition) is 1. The van der Waals surface area contributed by atoms with Gasteiger partial charge in [-0.2, -0.15) is 0 Å². The molecule has 2 aliphatic heterocycles. The highest BCUT2D eigenvalue weighted by Gasteiger charge is 2.20. The van der Waals surface area contributed by atoms with Gasteiger partial charge in [-0.1, -0.05) is 30.3 Å². The number of rotatable bonds is 4. The number of nitrogens with zero attached hydrogens (tertiary/aromatic N) is 3. The summed E-state index contributed by atoms with van der Waals surface area (Å²) in [4.78, 5) is 22.3. The maximum atomic E-state index is 13.1. The molecule has 2 bridgehead atoms. The summed E-state index contributed by atoms with van der Waals surface area (Å²) >= 11 is 0. The quantitative estimate of drug-likeness (QED) is 0.570. The van der Waals surface area contributed by atoms with Crippen LogP contribution in [0.4, 0.5) is 0 Å². The van der Waals surface area contributed by atoms with E-state index in [2.05, 4.69) is 57.5 Å². The number of likely N-dealkylation sites (tertiary alicyclic amines) is 1. The van der Waals surface area contributed by atoms with E-state index in [9.17, 15) is 4.79 Å². The Morgan fingerprint density at radius 3 is 2.68 bits per heavy atom. The fourth-order valence-corrected chi connectivity index (χ4v) is 5.18. The first-order valence-electron chi connectivity index (χ1n) is 13.7. The summed E-state index contributed by atoms with van der Waals surface area (Å²) in [5, 5.41) is 3.24. The molecule has 1 saturated heterocycles. The number of hydrogen-bond acceptors (Lipinski definition) is 6. The third-order valence-electron chi connectivity index (χ3n) is 7.32. The highest BCUT2D eigenvalue weighted by atomic mass is 16.5. The summed E-state index contributed by atoms with van der Waals surface area (Å²) in [6, 6.07) is 20.8. The van der Waals surface area contributed by atoms with Crippen molar-refractivity contribution < 1.29 is 14.3 Å². The van der Waals surface area contributed by atoms with Gasteiger partial charge in [-0.3, -0.25) is 14.7 Å². The zero-order valence-electron chi connectivity index (χ0n) is 22.3. The number of ether oxygens (including phenoxy) is 2. The Bertz CT molecular complexity index is 1190. The molecule has 0 saturated carbocycles. The van der Waals surface area contributed by atoms with E-state index in [0.29, 0.717) is 31.8 Å². The second kappa shape index (κ2) is 13.0. The molecule has 0 atom stereocenters. The molecule has 5 rings (SSSR count). The summed E-state index contributed by atoms with van der Waals surface area (Å²) in [5.41, 5.74) is 5.19. The van der Waals surface area contributed by atoms with Crippen molar-refractivity contribution in [1.29, 1.82) is 0 Å². The lowest BCUT2D eigenvalue weighted by Gasteiger charge is -2.29. The first-order valence-corrected chi connectivity index (χ1v) is 13.7. The molecule has 0 unspecified atom stereocenters. The summed E-state index contributed by atoms with van der Waals surface area (Å²) in [7, 11) is 2.13. The number of piperidine rings is 1. The largest absolute Gasteiger partial charge is 0.491 e. The summed E-state index contributed by atoms with van der Waals surface area (Å²) in [6.07, 6.45) is 4.51. The molecule has 7 heteroatoms. The number of aromatic nitrogens is 1. The Kier molecular flexibility index (Phi) is 9.02. The molecule has 7 nitrogen and oxygen atoms in total. The molecule has 1 aromatic heterocycles. The lowest BCUT2D eigenvalue weighted by molar-refractivity contribution is 0.0754. The van der Waals surface area contributed by atoms with Crippen molar-refractivity contribution in [1.82, 2.24) is 20.1 Å². The van der Waals surface area contributed by atoms with Gasteiger partial charge in [0.05, 0.1) is 18.9 Å². The lowest BCUT2D eigenvalue weighted by Crippen LogP contribution is -2.43. The van der Waals surface area contributed by atoms with Crippen LogP contribution in [0.15, 0.2) is 66.9 Å². The van der Waals surface area contributed by atoms with Crippen LogP contribution in [0.2, 0.25) is 0 Å². The lowest BCUT2D eigenvalue weighted by atomic mass is 9.99. The van der Waals surface area contributed by atoms with Gasteiger partial charge in [0.15, 0.2) is 0 Å². The smallest absolute Gasteiger partial charge is 0.251 e. The van der Waals surface area contributed by atoms with Crippen LogP contribution in [0, 0.1) is 0 Å². The van der Waals surface area contributed by atoms with Crippen molar-refractivity contribution in [2.24, 2.45) is 0 Å². The minimum absolute atomic E-state index is 0.0102. The molecular weight excluding hydrogens is 476 g/mol. The zero-order valence-corrected chi connectivity index (χ0v) is 22.3. The number of carbonyl (C=O) groups is 1. The van der Waals surface area contributed by atoms with E-state index in [1.165, 1.54) is 11.1 Å². The van der Waals surface area contributed by atoms with E-state index in [1.807, 2.05) is 36.5 Å². The number of carbonyl (C=O) groups excluding carboxylic acids is 1. The summed E-state index contributed by atoms with van der Waals surface area (Å²) < 4.78 is 12.1. The van der Waals surface area contributed by atoms with Gasteiger partial charge in [0.25, 0.3) is 5.91 Å². The van der Waals surface area contributed by atoms with Crippen LogP contribution in [-0.2, 0) is 24.2 Å². The highest BCUT2D eigenvalue weighted by molar-refractivity contribution is 5.94. The molecule has 2 aliphatic rings. The molecule has 1 amide bonds. The van der Waals surface area contributed by atoms with Crippen LogP contribution >= 0.6 is 0 Å². The molecule has 3 heterocycles. The number of fused-ring (bicyclic) bond motifs is 3. The molecule has 1 fully saturated rings. The molecular formula is C31H38N4O3. The first-order chi connectivity index (χ1) is 18.6. The Hall–Kier alpha value is -3.26. The Morgan fingerprint density at radius 1 is 0.974 bits per heavy atom. The molecule has 3 aromatic rings. The molecule has 1 N–H and O–H groups in total. The van der Waals surface area contributed by atoms with Crippen molar-refractivity contribution in [3.8, 4) is 5.75 Å². The van der Waals surface area contributed by atoms with Crippen molar-refractivity contribution in [2.75, 3.05) is 46.5 Å². The monoisotopic (exact) mass is 514 g/mol. The highest BCUT2D eigenvalue weighted by Crippen LogP contribution is 2.25. The third-order valence-corrected chi connectivity index (χ3v) is 7.32. The van der Waals surface area contributed by atoms with Crippen LogP contribution in [0.3, 0.4) is 0 Å². The normalized spacial score (nSPS) is 18.1. The maximum Gasteiger partial charge on any atom is 0.251 e. The Labute approximate surface area is 225 Å². The standard InChI is InChI=1S/C31H38N4O3/c1-34-13-10-28(11-14-34)33-31(36)26-8-9-30-27(21-26)20-24-5-4-6-25(19-24)22-35(15-16-37-17-18-38-30)23-29-7-2-3-12-32-29/h2-9,12,19,21,28H,10-11,13-18,20,22-23H2,1H3,(H,33,36). The molecule has 0 aliphatic carbocycles. The van der Waals surface area contributed by atoms with Gasteiger partial charge >= 0.3 is 0 Å². The van der Waals surface area contributed by atoms with Crippen molar-refractivity contribution in [3.63, 3.8) is 0 Å². The van der Waals surface area contributed by atoms with Crippen LogP contribution in [0.5, 0.6) is 5.75 Å². The minimum atomic E-state index is -0.0102. The van der Waals surface area contributed by atoms with E-state index in [-0.39, 0.29) is 11.9 Å². The van der Waals surface area contributed by atoms with E-state index in [1.54, 1.807) is 0 Å². The summed E-state index contributed by atoms with van der Waals surface area (Å²) in [5.74, 6) is 0.799. The average Bonchev–Trinajstić information content (AvgIpc) is 2.93. The van der Waals surface area contributed by atoms with Gasteiger partial charge in [0.1, 0.15) is 12.4 Å². The topological polar surface area (TPSA) is 66.9 Å². The number of amides is 1. The van der Waals surface area contributed by atoms with E-state index in [4.69, 9.17) is 9.47 Å². The van der Waals surface area contributed by atoms with Crippen molar-refractivity contribution in [2.45, 2.75) is 38.4 Å². The number of benzene rings is 2. The van der Waals surface area contributed by atoms with Crippen molar-refractivity contribution in [3.05, 3.63) is 94.8 Å². The predicted octanol–water partition coefficient (Wildman–Crippen LogP) is 3.91. The third kappa shape index (κ3) is 7.40. The fourth-order valence-electron chi connectivity index (χ4n) is 5.18. The predicted molar refractivity (Wildman–Crippen MR) is 148 cm³/mol. The second-order valence-corrected chi connectivity index (χ2v) is 10.4. The SMILES string of the molecule is CN1CCC(NC(=O)c2ccc3c(c2)Cc2cccc(c2)CN(Cc2ccccn2)CCOCCO3)CC1. The number of nitrogens with one attached hydrogen (secondary N) is 1. The van der Waals surface area contributed by atoms with E-state index >= 15 is 0 Å². The summed E-state index contributed by atoms with van der Waals surface area (Å²) in [6.45, 7) is 6.03. The Balaban J connectivity index is 1.34. The molecule has 0 radical (unpaired) electrons. The Morgan fingerprint density at radius 2 is 1.84 bits per heavy atom. The second-order valence-electron chi connectivity index (χ2n) is 10.4. The molecule has 200 valence electrons.